The van der Waals surface area contributed by atoms with Crippen molar-refractivity contribution in [2.45, 2.75) is 19.9 Å². The summed E-state index contributed by atoms with van der Waals surface area (Å²) in [5.41, 5.74) is 1.94. The summed E-state index contributed by atoms with van der Waals surface area (Å²) in [5, 5.41) is 6.82. The second kappa shape index (κ2) is 6.76. The molecule has 8 heteroatoms. The first-order valence-electron chi connectivity index (χ1n) is 7.85. The maximum Gasteiger partial charge on any atom is 0.247 e. The van der Waals surface area contributed by atoms with Crippen LogP contribution in [0.3, 0.4) is 0 Å². The minimum atomic E-state index is -0.470. The fourth-order valence-corrected chi connectivity index (χ4v) is 2.56. The molecule has 0 aliphatic heterocycles. The Morgan fingerprint density at radius 3 is 2.92 bits per heavy atom. The summed E-state index contributed by atoms with van der Waals surface area (Å²) in [6, 6.07) is 6.50. The van der Waals surface area contributed by atoms with Gasteiger partial charge in [0, 0.05) is 32.1 Å². The number of likely N-dealkylation sites (N-methyl/N-ethyl adjacent to an activating group) is 1. The summed E-state index contributed by atoms with van der Waals surface area (Å²) < 4.78 is 6.95. The van der Waals surface area contributed by atoms with Gasteiger partial charge in [0.05, 0.1) is 6.54 Å². The molecule has 0 radical (unpaired) electrons. The Kier molecular flexibility index (Phi) is 4.51. The Morgan fingerprint density at radius 2 is 2.20 bits per heavy atom. The van der Waals surface area contributed by atoms with Crippen molar-refractivity contribution in [1.82, 2.24) is 19.7 Å². The van der Waals surface area contributed by atoms with Gasteiger partial charge in [-0.1, -0.05) is 0 Å². The first kappa shape index (κ1) is 16.7. The molecule has 1 N–H and O–H groups in total. The molecule has 2 aromatic heterocycles. The Labute approximate surface area is 144 Å². The number of benzene rings is 1. The predicted octanol–water partition coefficient (Wildman–Crippen LogP) is 1.99. The number of carbonyl (C=O) groups excluding carboxylic acids is 2. The van der Waals surface area contributed by atoms with Gasteiger partial charge in [-0.05, 0) is 31.2 Å². The molecule has 0 saturated heterocycles. The van der Waals surface area contributed by atoms with Gasteiger partial charge in [-0.2, -0.15) is 5.10 Å². The number of carbonyl (C=O) groups is 2. The van der Waals surface area contributed by atoms with E-state index in [2.05, 4.69) is 15.4 Å². The molecule has 0 aliphatic rings. The fraction of sp³-hybridized carbons (Fsp3) is 0.294. The standard InChI is InChI=1S/C17H19N5O3/c1-11(22-8-4-7-18-22)17(24)21(3)10-16(23)20-13-5-6-15-14(9-13)19-12(2)25-15/h4-9,11H,10H2,1-3H3,(H,20,23)/t11-/m1/s1. The van der Waals surface area contributed by atoms with Crippen LogP contribution in [-0.2, 0) is 9.59 Å². The average Bonchev–Trinajstić information content (AvgIpc) is 3.21. The molecule has 2 heterocycles. The summed E-state index contributed by atoms with van der Waals surface area (Å²) >= 11 is 0. The molecule has 8 nitrogen and oxygen atoms in total. The Hall–Kier alpha value is -3.16. The molecule has 3 rings (SSSR count). The summed E-state index contributed by atoms with van der Waals surface area (Å²) in [4.78, 5) is 30.2. The molecule has 3 aromatic rings. The molecule has 0 saturated carbocycles. The van der Waals surface area contributed by atoms with Crippen molar-refractivity contribution in [2.24, 2.45) is 0 Å². The molecule has 130 valence electrons. The Morgan fingerprint density at radius 1 is 1.40 bits per heavy atom. The molecule has 0 spiro atoms. The zero-order chi connectivity index (χ0) is 18.0. The van der Waals surface area contributed by atoms with E-state index < -0.39 is 6.04 Å². The van der Waals surface area contributed by atoms with E-state index in [-0.39, 0.29) is 18.4 Å². The van der Waals surface area contributed by atoms with E-state index in [4.69, 9.17) is 4.42 Å². The van der Waals surface area contributed by atoms with E-state index in [9.17, 15) is 9.59 Å². The Balaban J connectivity index is 1.61. The number of nitrogens with one attached hydrogen (secondary N) is 1. The minimum absolute atomic E-state index is 0.0552. The minimum Gasteiger partial charge on any atom is -0.441 e. The first-order chi connectivity index (χ1) is 11.9. The molecule has 0 bridgehead atoms. The number of aryl methyl sites for hydroxylation is 1. The zero-order valence-electron chi connectivity index (χ0n) is 14.3. The summed E-state index contributed by atoms with van der Waals surface area (Å²) in [7, 11) is 1.59. The third-order valence-corrected chi connectivity index (χ3v) is 3.81. The highest BCUT2D eigenvalue weighted by Crippen LogP contribution is 2.19. The highest BCUT2D eigenvalue weighted by Gasteiger charge is 2.21. The number of hydrogen-bond acceptors (Lipinski definition) is 5. The number of amides is 2. The molecule has 25 heavy (non-hydrogen) atoms. The zero-order valence-corrected chi connectivity index (χ0v) is 14.3. The van der Waals surface area contributed by atoms with Gasteiger partial charge in [-0.3, -0.25) is 14.3 Å². The van der Waals surface area contributed by atoms with Gasteiger partial charge in [0.1, 0.15) is 11.6 Å². The maximum atomic E-state index is 12.4. The van der Waals surface area contributed by atoms with Crippen LogP contribution in [0.1, 0.15) is 18.9 Å². The van der Waals surface area contributed by atoms with Crippen molar-refractivity contribution in [1.29, 1.82) is 0 Å². The number of oxazole rings is 1. The molecular formula is C17H19N5O3. The van der Waals surface area contributed by atoms with Gasteiger partial charge in [0.15, 0.2) is 11.5 Å². The van der Waals surface area contributed by atoms with Gasteiger partial charge in [0.2, 0.25) is 11.8 Å². The normalized spacial score (nSPS) is 12.1. The third-order valence-electron chi connectivity index (χ3n) is 3.81. The average molecular weight is 341 g/mol. The van der Waals surface area contributed by atoms with Crippen LogP contribution in [0.2, 0.25) is 0 Å². The number of anilines is 1. The maximum absolute atomic E-state index is 12.4. The van der Waals surface area contributed by atoms with Crippen molar-refractivity contribution >= 4 is 28.6 Å². The molecule has 0 aliphatic carbocycles. The number of aromatic nitrogens is 3. The molecule has 1 aromatic carbocycles. The molecule has 1 atom stereocenters. The van der Waals surface area contributed by atoms with E-state index in [0.717, 1.165) is 0 Å². The van der Waals surface area contributed by atoms with Gasteiger partial charge in [-0.15, -0.1) is 0 Å². The van der Waals surface area contributed by atoms with Crippen LogP contribution >= 0.6 is 0 Å². The lowest BCUT2D eigenvalue weighted by Gasteiger charge is -2.21. The van der Waals surface area contributed by atoms with E-state index in [1.807, 2.05) is 0 Å². The van der Waals surface area contributed by atoms with E-state index in [0.29, 0.717) is 22.7 Å². The highest BCUT2D eigenvalue weighted by atomic mass is 16.3. The number of nitrogens with zero attached hydrogens (tertiary/aromatic N) is 4. The summed E-state index contributed by atoms with van der Waals surface area (Å²) in [5.74, 6) is 0.0842. The van der Waals surface area contributed by atoms with Crippen molar-refractivity contribution < 1.29 is 14.0 Å². The van der Waals surface area contributed by atoms with Crippen molar-refractivity contribution in [2.75, 3.05) is 18.9 Å². The monoisotopic (exact) mass is 341 g/mol. The topological polar surface area (TPSA) is 93.3 Å². The lowest BCUT2D eigenvalue weighted by Crippen LogP contribution is -2.38. The molecular weight excluding hydrogens is 322 g/mol. The second-order valence-electron chi connectivity index (χ2n) is 5.82. The van der Waals surface area contributed by atoms with Crippen LogP contribution in [0.25, 0.3) is 11.1 Å². The molecule has 0 fully saturated rings. The van der Waals surface area contributed by atoms with Crippen molar-refractivity contribution in [3.63, 3.8) is 0 Å². The van der Waals surface area contributed by atoms with Gasteiger partial charge in [0.25, 0.3) is 0 Å². The largest absolute Gasteiger partial charge is 0.441 e. The molecule has 0 unspecified atom stereocenters. The van der Waals surface area contributed by atoms with Crippen LogP contribution < -0.4 is 5.32 Å². The van der Waals surface area contributed by atoms with Crippen LogP contribution in [0.4, 0.5) is 5.69 Å². The van der Waals surface area contributed by atoms with Gasteiger partial charge < -0.3 is 14.6 Å². The quantitative estimate of drug-likeness (QED) is 0.766. The van der Waals surface area contributed by atoms with Crippen LogP contribution in [0.5, 0.6) is 0 Å². The van der Waals surface area contributed by atoms with E-state index >= 15 is 0 Å². The third kappa shape index (κ3) is 3.68. The fourth-order valence-electron chi connectivity index (χ4n) is 2.56. The Bertz CT molecular complexity index is 900. The lowest BCUT2D eigenvalue weighted by atomic mass is 10.2. The van der Waals surface area contributed by atoms with E-state index in [1.165, 1.54) is 4.90 Å². The first-order valence-corrected chi connectivity index (χ1v) is 7.85. The SMILES string of the molecule is Cc1nc2cc(NC(=O)CN(C)C(=O)[C@@H](C)n3cccn3)ccc2o1. The lowest BCUT2D eigenvalue weighted by molar-refractivity contribution is -0.136. The highest BCUT2D eigenvalue weighted by molar-refractivity contribution is 5.96. The predicted molar refractivity (Wildman–Crippen MR) is 92.0 cm³/mol. The second-order valence-corrected chi connectivity index (χ2v) is 5.82. The van der Waals surface area contributed by atoms with Crippen molar-refractivity contribution in [3.8, 4) is 0 Å². The van der Waals surface area contributed by atoms with Crippen LogP contribution in [0, 0.1) is 6.92 Å². The van der Waals surface area contributed by atoms with Crippen molar-refractivity contribution in [3.05, 3.63) is 42.5 Å². The van der Waals surface area contributed by atoms with E-state index in [1.54, 1.807) is 62.2 Å². The number of fused-ring (bicyclic) bond motifs is 1. The van der Waals surface area contributed by atoms with Gasteiger partial charge in [-0.25, -0.2) is 4.98 Å². The smallest absolute Gasteiger partial charge is 0.247 e. The summed E-state index contributed by atoms with van der Waals surface area (Å²) in [6.07, 6.45) is 3.32. The number of hydrogen-bond donors (Lipinski definition) is 1. The van der Waals surface area contributed by atoms with Gasteiger partial charge >= 0.3 is 0 Å². The van der Waals surface area contributed by atoms with Crippen LogP contribution in [0.15, 0.2) is 41.1 Å². The van der Waals surface area contributed by atoms with Crippen LogP contribution in [-0.4, -0.2) is 45.1 Å². The number of rotatable bonds is 5. The molecule has 2 amide bonds. The summed E-state index contributed by atoms with van der Waals surface area (Å²) in [6.45, 7) is 3.45.